The van der Waals surface area contributed by atoms with Crippen molar-refractivity contribution in [1.82, 2.24) is 0 Å². The van der Waals surface area contributed by atoms with E-state index in [-0.39, 0.29) is 34.7 Å². The number of nitro groups is 1. The maximum atomic E-state index is 13.2. The largest absolute Gasteiger partial charge is 0.454 e. The van der Waals surface area contributed by atoms with Gasteiger partial charge in [-0.05, 0) is 36.6 Å². The molecule has 1 aliphatic carbocycles. The number of fused-ring (bicyclic) bond motifs is 1. The van der Waals surface area contributed by atoms with E-state index in [1.165, 1.54) is 18.2 Å². The molecule has 0 saturated carbocycles. The predicted molar refractivity (Wildman–Crippen MR) is 119 cm³/mol. The number of allylic oxidation sites excluding steroid dienone is 3. The highest BCUT2D eigenvalue weighted by Crippen LogP contribution is 2.49. The number of rotatable bonds is 3. The van der Waals surface area contributed by atoms with Gasteiger partial charge in [-0.15, -0.1) is 0 Å². The molecule has 0 saturated heterocycles. The van der Waals surface area contributed by atoms with E-state index >= 15 is 0 Å². The molecule has 0 amide bonds. The van der Waals surface area contributed by atoms with Crippen molar-refractivity contribution in [2.24, 2.45) is 5.73 Å². The number of carbonyl (C=O) groups is 1. The summed E-state index contributed by atoms with van der Waals surface area (Å²) >= 11 is 6.40. The van der Waals surface area contributed by atoms with Crippen LogP contribution in [0.5, 0.6) is 11.5 Å². The molecular formula is C23H17ClN4O5. The van der Waals surface area contributed by atoms with Crippen molar-refractivity contribution in [2.75, 3.05) is 11.7 Å². The lowest BCUT2D eigenvalue weighted by molar-refractivity contribution is -0.384. The minimum Gasteiger partial charge on any atom is -0.454 e. The van der Waals surface area contributed by atoms with Crippen molar-refractivity contribution >= 4 is 28.8 Å². The fraction of sp³-hybridized carbons (Fsp3) is 0.217. The lowest BCUT2D eigenvalue weighted by Gasteiger charge is -2.39. The fourth-order valence-corrected chi connectivity index (χ4v) is 4.84. The summed E-state index contributed by atoms with van der Waals surface area (Å²) < 4.78 is 10.9. The number of nitrogens with two attached hydrogens (primary N) is 1. The number of nitro benzene ring substituents is 1. The monoisotopic (exact) mass is 464 g/mol. The van der Waals surface area contributed by atoms with E-state index in [0.29, 0.717) is 53.3 Å². The number of nitrogens with zero attached hydrogens (tertiary/aromatic N) is 3. The highest BCUT2D eigenvalue weighted by atomic mass is 35.5. The Balaban J connectivity index is 1.71. The van der Waals surface area contributed by atoms with Crippen LogP contribution in [0, 0.1) is 21.4 Å². The maximum Gasteiger partial charge on any atom is 0.271 e. The standard InChI is InChI=1S/C23H17ClN4O5/c24-15-9-13(28(30)31)5-6-16(15)27-17-2-1-3-18(29)22(17)21(14(10-25)23(27)26)12-4-7-19-20(8-12)33-11-32-19/h4-9,21H,1-3,11,26H2/t21-/m1/s1. The zero-order chi connectivity index (χ0) is 23.3. The number of non-ortho nitro benzene ring substituents is 1. The summed E-state index contributed by atoms with van der Waals surface area (Å²) in [6, 6.07) is 11.5. The Hall–Kier alpha value is -4.03. The van der Waals surface area contributed by atoms with Gasteiger partial charge >= 0.3 is 0 Å². The number of ether oxygens (including phenoxy) is 2. The molecule has 5 rings (SSSR count). The number of carbonyl (C=O) groups excluding carboxylic acids is 1. The molecule has 0 bridgehead atoms. The van der Waals surface area contributed by atoms with Crippen LogP contribution in [0.1, 0.15) is 30.7 Å². The molecule has 0 spiro atoms. The molecule has 33 heavy (non-hydrogen) atoms. The SMILES string of the molecule is N#CC1=C(N)N(c2ccc([N+](=O)[O-])cc2Cl)C2=C(C(=O)CCC2)[C@@H]1c1ccc2c(c1)OCO2. The van der Waals surface area contributed by atoms with Gasteiger partial charge in [0.2, 0.25) is 6.79 Å². The zero-order valence-electron chi connectivity index (χ0n) is 17.2. The molecule has 166 valence electrons. The number of nitriles is 1. The van der Waals surface area contributed by atoms with Crippen LogP contribution in [-0.2, 0) is 4.79 Å². The third-order valence-corrected chi connectivity index (χ3v) is 6.33. The van der Waals surface area contributed by atoms with Crippen LogP contribution in [0.25, 0.3) is 0 Å². The molecule has 2 aliphatic heterocycles. The Morgan fingerprint density at radius 3 is 2.70 bits per heavy atom. The van der Waals surface area contributed by atoms with Gasteiger partial charge in [0.1, 0.15) is 5.82 Å². The second kappa shape index (κ2) is 7.83. The number of ketones is 1. The number of hydrogen-bond acceptors (Lipinski definition) is 8. The van der Waals surface area contributed by atoms with Gasteiger partial charge in [-0.2, -0.15) is 5.26 Å². The normalized spacial score (nSPS) is 19.5. The summed E-state index contributed by atoms with van der Waals surface area (Å²) in [5, 5.41) is 21.3. The first kappa shape index (κ1) is 20.8. The number of halogens is 1. The fourth-order valence-electron chi connectivity index (χ4n) is 4.58. The number of benzene rings is 2. The van der Waals surface area contributed by atoms with Crippen molar-refractivity contribution in [1.29, 1.82) is 5.26 Å². The first-order chi connectivity index (χ1) is 15.9. The molecule has 2 aromatic carbocycles. The smallest absolute Gasteiger partial charge is 0.271 e. The second-order valence-corrected chi connectivity index (χ2v) is 8.23. The van der Waals surface area contributed by atoms with Crippen molar-refractivity contribution in [3.05, 3.63) is 79.8 Å². The topological polar surface area (TPSA) is 132 Å². The quantitative estimate of drug-likeness (QED) is 0.525. The van der Waals surface area contributed by atoms with Crippen LogP contribution in [0.2, 0.25) is 5.02 Å². The molecule has 1 atom stereocenters. The number of anilines is 1. The van der Waals surface area contributed by atoms with Crippen molar-refractivity contribution in [3.63, 3.8) is 0 Å². The van der Waals surface area contributed by atoms with Crippen LogP contribution in [-0.4, -0.2) is 17.5 Å². The van der Waals surface area contributed by atoms with Gasteiger partial charge in [0.15, 0.2) is 17.3 Å². The Morgan fingerprint density at radius 1 is 1.18 bits per heavy atom. The summed E-state index contributed by atoms with van der Waals surface area (Å²) in [5.41, 5.74) is 8.71. The lowest BCUT2D eigenvalue weighted by atomic mass is 9.75. The van der Waals surface area contributed by atoms with E-state index < -0.39 is 10.8 Å². The van der Waals surface area contributed by atoms with Gasteiger partial charge in [-0.3, -0.25) is 19.8 Å². The summed E-state index contributed by atoms with van der Waals surface area (Å²) in [6.07, 6.45) is 1.50. The van der Waals surface area contributed by atoms with Gasteiger partial charge in [-0.25, -0.2) is 0 Å². The molecule has 0 aromatic heterocycles. The molecule has 9 nitrogen and oxygen atoms in total. The minimum absolute atomic E-state index is 0.0813. The Kier molecular flexibility index (Phi) is 4.95. The number of hydrogen-bond donors (Lipinski definition) is 1. The zero-order valence-corrected chi connectivity index (χ0v) is 18.0. The highest BCUT2D eigenvalue weighted by Gasteiger charge is 2.41. The van der Waals surface area contributed by atoms with Gasteiger partial charge in [0.05, 0.1) is 33.2 Å². The Labute approximate surface area is 193 Å². The van der Waals surface area contributed by atoms with Gasteiger partial charge < -0.3 is 15.2 Å². The third-order valence-electron chi connectivity index (χ3n) is 6.03. The molecule has 2 N–H and O–H groups in total. The molecule has 2 heterocycles. The molecular weight excluding hydrogens is 448 g/mol. The lowest BCUT2D eigenvalue weighted by Crippen LogP contribution is -2.38. The van der Waals surface area contributed by atoms with Crippen LogP contribution in [0.4, 0.5) is 11.4 Å². The van der Waals surface area contributed by atoms with Crippen molar-refractivity contribution < 1.29 is 19.2 Å². The van der Waals surface area contributed by atoms with Crippen LogP contribution < -0.4 is 20.1 Å². The van der Waals surface area contributed by atoms with E-state index in [4.69, 9.17) is 26.8 Å². The predicted octanol–water partition coefficient (Wildman–Crippen LogP) is 4.28. The highest BCUT2D eigenvalue weighted by molar-refractivity contribution is 6.33. The van der Waals surface area contributed by atoms with Crippen LogP contribution >= 0.6 is 11.6 Å². The molecule has 10 heteroatoms. The Bertz CT molecular complexity index is 1330. The maximum absolute atomic E-state index is 13.2. The Morgan fingerprint density at radius 2 is 1.97 bits per heavy atom. The van der Waals surface area contributed by atoms with Gasteiger partial charge in [-0.1, -0.05) is 17.7 Å². The molecule has 0 radical (unpaired) electrons. The van der Waals surface area contributed by atoms with Crippen molar-refractivity contribution in [2.45, 2.75) is 25.2 Å². The summed E-state index contributed by atoms with van der Waals surface area (Å²) in [5.74, 6) is 0.509. The van der Waals surface area contributed by atoms with Gasteiger partial charge in [0, 0.05) is 29.8 Å². The average molecular weight is 465 g/mol. The second-order valence-electron chi connectivity index (χ2n) is 7.82. The summed E-state index contributed by atoms with van der Waals surface area (Å²) in [4.78, 5) is 25.4. The van der Waals surface area contributed by atoms with E-state index in [1.807, 2.05) is 0 Å². The molecule has 0 unspecified atom stereocenters. The van der Waals surface area contributed by atoms with E-state index in [0.717, 1.165) is 0 Å². The van der Waals surface area contributed by atoms with E-state index in [9.17, 15) is 20.2 Å². The molecule has 2 aromatic rings. The summed E-state index contributed by atoms with van der Waals surface area (Å²) in [7, 11) is 0. The third kappa shape index (κ3) is 3.27. The first-order valence-corrected chi connectivity index (χ1v) is 10.6. The number of Topliss-reactive ketones (excluding diaryl/α,β-unsaturated/α-hetero) is 1. The summed E-state index contributed by atoms with van der Waals surface area (Å²) in [6.45, 7) is 0.103. The van der Waals surface area contributed by atoms with Crippen LogP contribution in [0.15, 0.2) is 59.1 Å². The molecule has 3 aliphatic rings. The van der Waals surface area contributed by atoms with E-state index in [2.05, 4.69) is 6.07 Å². The van der Waals surface area contributed by atoms with Gasteiger partial charge in [0.25, 0.3) is 5.69 Å². The minimum atomic E-state index is -0.666. The first-order valence-electron chi connectivity index (χ1n) is 10.2. The van der Waals surface area contributed by atoms with E-state index in [1.54, 1.807) is 23.1 Å². The average Bonchev–Trinajstić information content (AvgIpc) is 3.27. The molecule has 0 fully saturated rings. The van der Waals surface area contributed by atoms with Crippen molar-refractivity contribution in [3.8, 4) is 17.6 Å². The van der Waals surface area contributed by atoms with Crippen LogP contribution in [0.3, 0.4) is 0 Å².